The molecule has 56 valence electrons. The minimum Gasteiger partial charge on any atom is -0.394 e. The van der Waals surface area contributed by atoms with E-state index in [0.717, 1.165) is 0 Å². The molecule has 3 heteroatoms. The highest BCUT2D eigenvalue weighted by Crippen LogP contribution is 1.92. The lowest BCUT2D eigenvalue weighted by atomic mass is 10.3. The number of hydrogen-bond donors (Lipinski definition) is 1. The van der Waals surface area contributed by atoms with Crippen molar-refractivity contribution in [2.24, 2.45) is 0 Å². The van der Waals surface area contributed by atoms with E-state index in [9.17, 15) is 4.79 Å². The van der Waals surface area contributed by atoms with Gasteiger partial charge in [0.2, 0.25) is 0 Å². The maximum atomic E-state index is 10.7. The number of carbonyl (C=O) groups excluding carboxylic acids is 1. The predicted octanol–water partition coefficient (Wildman–Crippen LogP) is -0.541. The van der Waals surface area contributed by atoms with E-state index in [1.807, 2.05) is 5.92 Å². The van der Waals surface area contributed by atoms with E-state index in [1.165, 1.54) is 4.90 Å². The van der Waals surface area contributed by atoms with Gasteiger partial charge in [0, 0.05) is 7.05 Å². The van der Waals surface area contributed by atoms with Crippen molar-refractivity contribution in [3.63, 3.8) is 0 Å². The maximum Gasteiger partial charge on any atom is 0.298 e. The van der Waals surface area contributed by atoms with E-state index in [2.05, 4.69) is 0 Å². The van der Waals surface area contributed by atoms with Crippen LogP contribution in [0.3, 0.4) is 0 Å². The summed E-state index contributed by atoms with van der Waals surface area (Å²) in [5.41, 5.74) is 0. The van der Waals surface area contributed by atoms with E-state index in [4.69, 9.17) is 11.5 Å². The number of aliphatic hydroxyl groups is 1. The number of aliphatic hydroxyl groups excluding tert-OH is 1. The molecule has 0 heterocycles. The fraction of sp³-hybridized carbons (Fsp3) is 0.571. The van der Waals surface area contributed by atoms with Crippen molar-refractivity contribution in [1.82, 2.24) is 4.90 Å². The third-order valence-electron chi connectivity index (χ3n) is 1.37. The molecule has 0 aromatic rings. The SMILES string of the molecule is C#CC(=O)N(C)C(C)CO. The van der Waals surface area contributed by atoms with E-state index in [0.29, 0.717) is 0 Å². The first-order valence-electron chi connectivity index (χ1n) is 2.97. The summed E-state index contributed by atoms with van der Waals surface area (Å²) >= 11 is 0. The highest BCUT2D eigenvalue weighted by atomic mass is 16.3. The van der Waals surface area contributed by atoms with Gasteiger partial charge in [-0.1, -0.05) is 0 Å². The lowest BCUT2D eigenvalue weighted by Crippen LogP contribution is -2.36. The minimum absolute atomic E-state index is 0.0656. The number of hydrogen-bond acceptors (Lipinski definition) is 2. The fourth-order valence-electron chi connectivity index (χ4n) is 0.424. The zero-order valence-corrected chi connectivity index (χ0v) is 6.16. The van der Waals surface area contributed by atoms with Gasteiger partial charge in [-0.25, -0.2) is 0 Å². The second-order valence-corrected chi connectivity index (χ2v) is 2.09. The van der Waals surface area contributed by atoms with Gasteiger partial charge in [-0.05, 0) is 12.8 Å². The number of likely N-dealkylation sites (N-methyl/N-ethyl adjacent to an activating group) is 1. The van der Waals surface area contributed by atoms with Crippen molar-refractivity contribution in [1.29, 1.82) is 0 Å². The molecular weight excluding hydrogens is 130 g/mol. The summed E-state index contributed by atoms with van der Waals surface area (Å²) in [7, 11) is 1.56. The van der Waals surface area contributed by atoms with Crippen molar-refractivity contribution in [3.8, 4) is 12.3 Å². The molecule has 0 bridgehead atoms. The Bertz CT molecular complexity index is 159. The molecule has 0 aromatic carbocycles. The number of nitrogens with zero attached hydrogens (tertiary/aromatic N) is 1. The van der Waals surface area contributed by atoms with Crippen molar-refractivity contribution in [3.05, 3.63) is 0 Å². The fourth-order valence-corrected chi connectivity index (χ4v) is 0.424. The van der Waals surface area contributed by atoms with Crippen LogP contribution in [0, 0.1) is 12.3 Å². The molecule has 0 saturated carbocycles. The highest BCUT2D eigenvalue weighted by Gasteiger charge is 2.11. The molecular formula is C7H11NO2. The Morgan fingerprint density at radius 2 is 2.40 bits per heavy atom. The highest BCUT2D eigenvalue weighted by molar-refractivity contribution is 5.92. The van der Waals surface area contributed by atoms with Gasteiger partial charge in [-0.2, -0.15) is 0 Å². The van der Waals surface area contributed by atoms with Crippen LogP contribution < -0.4 is 0 Å². The van der Waals surface area contributed by atoms with Crippen LogP contribution in [0.1, 0.15) is 6.92 Å². The monoisotopic (exact) mass is 141 g/mol. The Hall–Kier alpha value is -1.01. The summed E-state index contributed by atoms with van der Waals surface area (Å²) in [6, 6.07) is -0.205. The Balaban J connectivity index is 3.97. The molecule has 0 aliphatic carbocycles. The third-order valence-corrected chi connectivity index (χ3v) is 1.37. The van der Waals surface area contributed by atoms with Gasteiger partial charge in [0.15, 0.2) is 0 Å². The van der Waals surface area contributed by atoms with Crippen LogP contribution >= 0.6 is 0 Å². The van der Waals surface area contributed by atoms with Crippen LogP contribution in [-0.2, 0) is 4.79 Å². The van der Waals surface area contributed by atoms with E-state index in [-0.39, 0.29) is 12.6 Å². The van der Waals surface area contributed by atoms with E-state index < -0.39 is 5.91 Å². The first-order valence-corrected chi connectivity index (χ1v) is 2.97. The molecule has 0 aliphatic heterocycles. The zero-order valence-electron chi connectivity index (χ0n) is 6.16. The second kappa shape index (κ2) is 3.91. The van der Waals surface area contributed by atoms with Crippen molar-refractivity contribution >= 4 is 5.91 Å². The smallest absolute Gasteiger partial charge is 0.298 e. The van der Waals surface area contributed by atoms with Crippen LogP contribution in [0.15, 0.2) is 0 Å². The van der Waals surface area contributed by atoms with Crippen LogP contribution in [0.5, 0.6) is 0 Å². The number of rotatable bonds is 2. The second-order valence-electron chi connectivity index (χ2n) is 2.09. The number of terminal acetylenes is 1. The Labute approximate surface area is 60.6 Å². The summed E-state index contributed by atoms with van der Waals surface area (Å²) in [5, 5.41) is 8.59. The molecule has 0 radical (unpaired) electrons. The van der Waals surface area contributed by atoms with Gasteiger partial charge in [-0.15, -0.1) is 6.42 Å². The van der Waals surface area contributed by atoms with Gasteiger partial charge >= 0.3 is 0 Å². The standard InChI is InChI=1S/C7H11NO2/c1-4-7(10)8(3)6(2)5-9/h1,6,9H,5H2,2-3H3. The normalized spacial score (nSPS) is 11.8. The molecule has 0 saturated heterocycles. The minimum atomic E-state index is -0.401. The largest absolute Gasteiger partial charge is 0.394 e. The van der Waals surface area contributed by atoms with Crippen LogP contribution in [0.25, 0.3) is 0 Å². The topological polar surface area (TPSA) is 40.5 Å². The first-order chi connectivity index (χ1) is 4.63. The lowest BCUT2D eigenvalue weighted by Gasteiger charge is -2.19. The quantitative estimate of drug-likeness (QED) is 0.525. The average molecular weight is 141 g/mol. The summed E-state index contributed by atoms with van der Waals surface area (Å²) in [6.07, 6.45) is 4.84. The molecule has 0 aromatic heterocycles. The van der Waals surface area contributed by atoms with Crippen LogP contribution in [0.2, 0.25) is 0 Å². The molecule has 0 spiro atoms. The van der Waals surface area contributed by atoms with Crippen molar-refractivity contribution in [2.45, 2.75) is 13.0 Å². The molecule has 1 N–H and O–H groups in total. The summed E-state index contributed by atoms with van der Waals surface area (Å²) in [5.74, 6) is 1.55. The molecule has 0 rings (SSSR count). The van der Waals surface area contributed by atoms with E-state index in [1.54, 1.807) is 14.0 Å². The molecule has 1 unspecified atom stereocenters. The molecule has 1 atom stereocenters. The molecule has 3 nitrogen and oxygen atoms in total. The third kappa shape index (κ3) is 2.08. The van der Waals surface area contributed by atoms with Crippen molar-refractivity contribution in [2.75, 3.05) is 13.7 Å². The van der Waals surface area contributed by atoms with Gasteiger partial charge in [-0.3, -0.25) is 4.79 Å². The van der Waals surface area contributed by atoms with Crippen LogP contribution in [0.4, 0.5) is 0 Å². The van der Waals surface area contributed by atoms with Gasteiger partial charge in [0.05, 0.1) is 12.6 Å². The van der Waals surface area contributed by atoms with Gasteiger partial charge in [0.1, 0.15) is 0 Å². The lowest BCUT2D eigenvalue weighted by molar-refractivity contribution is -0.126. The summed E-state index contributed by atoms with van der Waals surface area (Å²) in [6.45, 7) is 1.65. The van der Waals surface area contributed by atoms with E-state index >= 15 is 0 Å². The molecule has 0 aliphatic rings. The van der Waals surface area contributed by atoms with Gasteiger partial charge in [0.25, 0.3) is 5.91 Å². The summed E-state index contributed by atoms with van der Waals surface area (Å²) < 4.78 is 0. The zero-order chi connectivity index (χ0) is 8.15. The average Bonchev–Trinajstić information content (AvgIpc) is 2.00. The van der Waals surface area contributed by atoms with Gasteiger partial charge < -0.3 is 10.0 Å². The number of carbonyl (C=O) groups is 1. The summed E-state index contributed by atoms with van der Waals surface area (Å²) in [4.78, 5) is 12.0. The maximum absolute atomic E-state index is 10.7. The Morgan fingerprint density at radius 3 is 2.70 bits per heavy atom. The molecule has 0 fully saturated rings. The number of amides is 1. The van der Waals surface area contributed by atoms with Crippen LogP contribution in [-0.4, -0.2) is 35.6 Å². The predicted molar refractivity (Wildman–Crippen MR) is 38.2 cm³/mol. The molecule has 1 amide bonds. The Kier molecular flexibility index (Phi) is 3.52. The Morgan fingerprint density at radius 1 is 1.90 bits per heavy atom. The van der Waals surface area contributed by atoms with Crippen molar-refractivity contribution < 1.29 is 9.90 Å². The first kappa shape index (κ1) is 8.99. The molecule has 10 heavy (non-hydrogen) atoms.